The molecule has 0 unspecified atom stereocenters. The number of rotatable bonds is 11. The molecule has 1 amide bonds. The van der Waals surface area contributed by atoms with E-state index in [0.29, 0.717) is 60.2 Å². The number of anilines is 2. The van der Waals surface area contributed by atoms with Crippen LogP contribution < -0.4 is 24.2 Å². The van der Waals surface area contributed by atoms with Crippen LogP contribution in [0.3, 0.4) is 0 Å². The van der Waals surface area contributed by atoms with Crippen LogP contribution in [-0.4, -0.2) is 60.2 Å². The molecule has 10 heteroatoms. The van der Waals surface area contributed by atoms with Crippen molar-refractivity contribution in [2.75, 3.05) is 51.0 Å². The molecule has 0 spiro atoms. The van der Waals surface area contributed by atoms with Crippen molar-refractivity contribution in [1.29, 1.82) is 0 Å². The second-order valence-electron chi connectivity index (χ2n) is 9.27. The number of carbonyl (C=O) groups excluding carboxylic acids is 1. The first-order chi connectivity index (χ1) is 18.8. The van der Waals surface area contributed by atoms with Crippen molar-refractivity contribution in [3.05, 3.63) is 71.8 Å². The minimum absolute atomic E-state index is 0.000454. The normalized spacial score (nSPS) is 13.5. The Labute approximate surface area is 230 Å². The third-order valence-electron chi connectivity index (χ3n) is 6.66. The standard InChI is InChI=1S/C29H35N3O6S/c1-36-24-9-7-8-23(20-24)31-39(34,35)28-19-22(29(33)32-16-5-4-6-17-32)11-12-25(28)30-15-14-21-10-13-26(37-2)27(18-21)38-3/h7-13,18-20,30-31H,4-6,14-17H2,1-3H3. The van der Waals surface area contributed by atoms with Gasteiger partial charge < -0.3 is 24.4 Å². The van der Waals surface area contributed by atoms with Crippen LogP contribution in [0.1, 0.15) is 35.2 Å². The third kappa shape index (κ3) is 6.94. The number of likely N-dealkylation sites (tertiary alicyclic amines) is 1. The summed E-state index contributed by atoms with van der Waals surface area (Å²) < 4.78 is 45.8. The molecule has 1 heterocycles. The van der Waals surface area contributed by atoms with Crippen molar-refractivity contribution in [2.24, 2.45) is 0 Å². The number of nitrogens with one attached hydrogen (secondary N) is 2. The Morgan fingerprint density at radius 3 is 2.36 bits per heavy atom. The minimum Gasteiger partial charge on any atom is -0.497 e. The maximum atomic E-state index is 13.6. The maximum Gasteiger partial charge on any atom is 0.263 e. The fourth-order valence-electron chi connectivity index (χ4n) is 4.58. The largest absolute Gasteiger partial charge is 0.497 e. The molecule has 1 aliphatic rings. The van der Waals surface area contributed by atoms with E-state index in [4.69, 9.17) is 14.2 Å². The molecule has 0 saturated carbocycles. The molecule has 3 aromatic rings. The van der Waals surface area contributed by atoms with Crippen LogP contribution in [0.4, 0.5) is 11.4 Å². The number of hydrogen-bond acceptors (Lipinski definition) is 7. The summed E-state index contributed by atoms with van der Waals surface area (Å²) in [6, 6.07) is 17.1. The molecule has 1 fully saturated rings. The van der Waals surface area contributed by atoms with Gasteiger partial charge in [0.25, 0.3) is 15.9 Å². The molecule has 0 bridgehead atoms. The van der Waals surface area contributed by atoms with E-state index >= 15 is 0 Å². The average Bonchev–Trinajstić information content (AvgIpc) is 2.97. The highest BCUT2D eigenvalue weighted by atomic mass is 32.2. The molecule has 1 saturated heterocycles. The van der Waals surface area contributed by atoms with Crippen LogP contribution >= 0.6 is 0 Å². The highest BCUT2D eigenvalue weighted by molar-refractivity contribution is 7.92. The zero-order valence-electron chi connectivity index (χ0n) is 22.5. The topological polar surface area (TPSA) is 106 Å². The van der Waals surface area contributed by atoms with Crippen molar-refractivity contribution < 1.29 is 27.4 Å². The van der Waals surface area contributed by atoms with Crippen LogP contribution in [0, 0.1) is 0 Å². The summed E-state index contributed by atoms with van der Waals surface area (Å²) in [6.07, 6.45) is 3.60. The monoisotopic (exact) mass is 553 g/mol. The van der Waals surface area contributed by atoms with Gasteiger partial charge in [0.1, 0.15) is 10.6 Å². The summed E-state index contributed by atoms with van der Waals surface area (Å²) >= 11 is 0. The lowest BCUT2D eigenvalue weighted by atomic mass is 10.1. The van der Waals surface area contributed by atoms with Gasteiger partial charge in [0.2, 0.25) is 0 Å². The maximum absolute atomic E-state index is 13.6. The number of nitrogens with zero attached hydrogens (tertiary/aromatic N) is 1. The first kappa shape index (κ1) is 28.1. The SMILES string of the molecule is COc1cccc(NS(=O)(=O)c2cc(C(=O)N3CCCCC3)ccc2NCCc2ccc(OC)c(OC)c2)c1. The Hall–Kier alpha value is -3.92. The Kier molecular flexibility index (Phi) is 9.19. The van der Waals surface area contributed by atoms with Gasteiger partial charge in [0, 0.05) is 31.3 Å². The number of hydrogen-bond donors (Lipinski definition) is 2. The number of sulfonamides is 1. The van der Waals surface area contributed by atoms with Gasteiger partial charge in [0.05, 0.1) is 32.7 Å². The van der Waals surface area contributed by atoms with Gasteiger partial charge in [-0.1, -0.05) is 12.1 Å². The van der Waals surface area contributed by atoms with E-state index in [-0.39, 0.29) is 10.8 Å². The quantitative estimate of drug-likeness (QED) is 0.352. The van der Waals surface area contributed by atoms with E-state index in [1.165, 1.54) is 13.2 Å². The van der Waals surface area contributed by atoms with Crippen molar-refractivity contribution in [2.45, 2.75) is 30.6 Å². The lowest BCUT2D eigenvalue weighted by Gasteiger charge is -2.27. The first-order valence-corrected chi connectivity index (χ1v) is 14.4. The van der Waals surface area contributed by atoms with E-state index in [9.17, 15) is 13.2 Å². The molecule has 1 aliphatic heterocycles. The summed E-state index contributed by atoms with van der Waals surface area (Å²) in [5, 5.41) is 3.25. The highest BCUT2D eigenvalue weighted by Crippen LogP contribution is 2.29. The van der Waals surface area contributed by atoms with Crippen molar-refractivity contribution >= 4 is 27.3 Å². The lowest BCUT2D eigenvalue weighted by molar-refractivity contribution is 0.0724. The van der Waals surface area contributed by atoms with Crippen LogP contribution in [-0.2, 0) is 16.4 Å². The van der Waals surface area contributed by atoms with Gasteiger partial charge in [-0.05, 0) is 73.7 Å². The smallest absolute Gasteiger partial charge is 0.263 e. The molecule has 0 aliphatic carbocycles. The molecule has 3 aromatic carbocycles. The van der Waals surface area contributed by atoms with Crippen LogP contribution in [0.5, 0.6) is 17.2 Å². The Bertz CT molecular complexity index is 1400. The van der Waals surface area contributed by atoms with Gasteiger partial charge in [0.15, 0.2) is 11.5 Å². The van der Waals surface area contributed by atoms with E-state index in [0.717, 1.165) is 24.8 Å². The zero-order chi connectivity index (χ0) is 27.8. The molecular weight excluding hydrogens is 518 g/mol. The van der Waals surface area contributed by atoms with Crippen LogP contribution in [0.25, 0.3) is 0 Å². The number of ether oxygens (including phenoxy) is 3. The second kappa shape index (κ2) is 12.8. The second-order valence-corrected chi connectivity index (χ2v) is 10.9. The van der Waals surface area contributed by atoms with Gasteiger partial charge in [-0.2, -0.15) is 0 Å². The first-order valence-electron chi connectivity index (χ1n) is 12.9. The molecule has 0 atom stereocenters. The Morgan fingerprint density at radius 2 is 1.64 bits per heavy atom. The summed E-state index contributed by atoms with van der Waals surface area (Å²) in [7, 11) is 0.638. The van der Waals surface area contributed by atoms with Gasteiger partial charge in [-0.15, -0.1) is 0 Å². The van der Waals surface area contributed by atoms with Crippen molar-refractivity contribution in [1.82, 2.24) is 4.90 Å². The third-order valence-corrected chi connectivity index (χ3v) is 8.08. The van der Waals surface area contributed by atoms with E-state index in [1.807, 2.05) is 18.2 Å². The summed E-state index contributed by atoms with van der Waals surface area (Å²) in [4.78, 5) is 15.0. The van der Waals surface area contributed by atoms with Gasteiger partial charge in [-0.25, -0.2) is 8.42 Å². The van der Waals surface area contributed by atoms with Gasteiger partial charge >= 0.3 is 0 Å². The average molecular weight is 554 g/mol. The van der Waals surface area contributed by atoms with Crippen molar-refractivity contribution in [3.8, 4) is 17.2 Å². The summed E-state index contributed by atoms with van der Waals surface area (Å²) in [6.45, 7) is 1.80. The number of benzene rings is 3. The minimum atomic E-state index is -4.05. The van der Waals surface area contributed by atoms with Crippen molar-refractivity contribution in [3.63, 3.8) is 0 Å². The summed E-state index contributed by atoms with van der Waals surface area (Å²) in [5.74, 6) is 1.63. The lowest BCUT2D eigenvalue weighted by Crippen LogP contribution is -2.35. The number of methoxy groups -OCH3 is 3. The highest BCUT2D eigenvalue weighted by Gasteiger charge is 2.24. The molecule has 0 radical (unpaired) electrons. The molecule has 9 nitrogen and oxygen atoms in total. The Morgan fingerprint density at radius 1 is 0.872 bits per heavy atom. The fraction of sp³-hybridized carbons (Fsp3) is 0.345. The zero-order valence-corrected chi connectivity index (χ0v) is 23.3. The van der Waals surface area contributed by atoms with E-state index < -0.39 is 10.0 Å². The predicted molar refractivity (Wildman–Crippen MR) is 152 cm³/mol. The molecule has 4 rings (SSSR count). The molecule has 0 aromatic heterocycles. The van der Waals surface area contributed by atoms with Gasteiger partial charge in [-0.3, -0.25) is 9.52 Å². The fourth-order valence-corrected chi connectivity index (χ4v) is 5.84. The molecule has 208 valence electrons. The molecular formula is C29H35N3O6S. The number of amides is 1. The number of carbonyl (C=O) groups is 1. The van der Waals surface area contributed by atoms with Crippen LogP contribution in [0.15, 0.2) is 65.6 Å². The van der Waals surface area contributed by atoms with E-state index in [1.54, 1.807) is 55.5 Å². The summed E-state index contributed by atoms with van der Waals surface area (Å²) in [5.41, 5.74) is 2.10. The molecule has 2 N–H and O–H groups in total. The van der Waals surface area contributed by atoms with Crippen LogP contribution in [0.2, 0.25) is 0 Å². The van der Waals surface area contributed by atoms with E-state index in [2.05, 4.69) is 10.0 Å². The molecule has 39 heavy (non-hydrogen) atoms. The number of piperidine rings is 1. The predicted octanol–water partition coefficient (Wildman–Crippen LogP) is 4.79. The Balaban J connectivity index is 1.60.